The molecule has 6 heteroatoms. The third-order valence-electron chi connectivity index (χ3n) is 7.40. The second kappa shape index (κ2) is 8.57. The number of hydrogen-bond donors (Lipinski definition) is 2. The Morgan fingerprint density at radius 1 is 1.16 bits per heavy atom. The van der Waals surface area contributed by atoms with Gasteiger partial charge in [-0.15, -0.1) is 10.2 Å². The molecule has 2 aliphatic rings. The molecule has 32 heavy (non-hydrogen) atoms. The van der Waals surface area contributed by atoms with Crippen LogP contribution in [0.3, 0.4) is 0 Å². The lowest BCUT2D eigenvalue weighted by Gasteiger charge is -2.54. The first kappa shape index (κ1) is 22.3. The molecule has 2 N–H and O–H groups in total. The maximum atomic E-state index is 11.4. The van der Waals surface area contributed by atoms with Crippen LogP contribution in [0.4, 0.5) is 5.82 Å². The number of aromatic hydroxyl groups is 1. The summed E-state index contributed by atoms with van der Waals surface area (Å²) >= 11 is 0. The second-order valence-electron chi connectivity index (χ2n) is 10.3. The first-order chi connectivity index (χ1) is 15.2. The largest absolute Gasteiger partial charge is 0.507 e. The molecule has 1 aromatic heterocycles. The van der Waals surface area contributed by atoms with E-state index >= 15 is 0 Å². The minimum atomic E-state index is -0.191. The van der Waals surface area contributed by atoms with Gasteiger partial charge in [-0.25, -0.2) is 0 Å². The van der Waals surface area contributed by atoms with Crippen molar-refractivity contribution in [1.29, 1.82) is 0 Å². The number of likely N-dealkylation sites (N-methyl/N-ethyl adjacent to an activating group) is 1. The molecule has 170 valence electrons. The van der Waals surface area contributed by atoms with E-state index in [2.05, 4.69) is 41.3 Å². The number of anilines is 1. The van der Waals surface area contributed by atoms with Crippen molar-refractivity contribution in [2.24, 2.45) is 10.8 Å². The molecule has 2 aromatic rings. The summed E-state index contributed by atoms with van der Waals surface area (Å²) in [6.07, 6.45) is 10.8. The van der Waals surface area contributed by atoms with E-state index in [1.807, 2.05) is 18.2 Å². The summed E-state index contributed by atoms with van der Waals surface area (Å²) in [4.78, 5) is 13.7. The minimum absolute atomic E-state index is 0.111. The molecule has 0 spiro atoms. The molecule has 0 saturated heterocycles. The minimum Gasteiger partial charge on any atom is -0.507 e. The van der Waals surface area contributed by atoms with Crippen molar-refractivity contribution in [1.82, 2.24) is 15.5 Å². The summed E-state index contributed by atoms with van der Waals surface area (Å²) in [5.74, 6) is 0.791. The number of fused-ring (bicyclic) bond motifs is 2. The number of nitrogens with zero attached hydrogens (tertiary/aromatic N) is 3. The van der Waals surface area contributed by atoms with Gasteiger partial charge in [0.15, 0.2) is 5.82 Å². The molecule has 6 nitrogen and oxygen atoms in total. The van der Waals surface area contributed by atoms with E-state index in [0.717, 1.165) is 11.4 Å². The van der Waals surface area contributed by atoms with Crippen LogP contribution in [0.1, 0.15) is 57.9 Å². The Hall–Kier alpha value is -2.89. The standard InChI is InChI=1S/C26H34N4O2/c1-25-12-5-13-26(2,17-25)16-19(15-25)30(4)23-10-9-21(28-29-23)20-8-6-18(14-22(20)31)7-11-24(32)27-3/h6-11,14,19,31H,5,12-13,15-17H2,1-4H3,(H,27,32)/b11-7+/t19-,25-,26+. The summed E-state index contributed by atoms with van der Waals surface area (Å²) in [7, 11) is 3.71. The molecule has 0 aliphatic heterocycles. The highest BCUT2D eigenvalue weighted by Crippen LogP contribution is 2.56. The number of carbonyl (C=O) groups excluding carboxylic acids is 1. The lowest BCUT2D eigenvalue weighted by atomic mass is 9.55. The number of aromatic nitrogens is 2. The number of rotatable bonds is 5. The van der Waals surface area contributed by atoms with E-state index in [1.165, 1.54) is 44.6 Å². The molecule has 4 rings (SSSR count). The van der Waals surface area contributed by atoms with E-state index in [-0.39, 0.29) is 11.7 Å². The van der Waals surface area contributed by atoms with Crippen molar-refractivity contribution >= 4 is 17.8 Å². The maximum absolute atomic E-state index is 11.4. The quantitative estimate of drug-likeness (QED) is 0.662. The van der Waals surface area contributed by atoms with Crippen LogP contribution >= 0.6 is 0 Å². The molecule has 1 heterocycles. The second-order valence-corrected chi connectivity index (χ2v) is 10.3. The van der Waals surface area contributed by atoms with Crippen LogP contribution in [0.25, 0.3) is 17.3 Å². The average molecular weight is 435 g/mol. The Kier molecular flexibility index (Phi) is 5.97. The zero-order chi connectivity index (χ0) is 22.9. The number of nitrogens with one attached hydrogen (secondary N) is 1. The van der Waals surface area contributed by atoms with Gasteiger partial charge < -0.3 is 15.3 Å². The molecule has 2 saturated carbocycles. The van der Waals surface area contributed by atoms with Crippen molar-refractivity contribution in [2.75, 3.05) is 19.0 Å². The molecule has 0 unspecified atom stereocenters. The topological polar surface area (TPSA) is 78.4 Å². The highest BCUT2D eigenvalue weighted by molar-refractivity contribution is 5.91. The van der Waals surface area contributed by atoms with Gasteiger partial charge in [-0.2, -0.15) is 0 Å². The predicted molar refractivity (Wildman–Crippen MR) is 128 cm³/mol. The van der Waals surface area contributed by atoms with E-state index in [4.69, 9.17) is 0 Å². The van der Waals surface area contributed by atoms with E-state index in [0.29, 0.717) is 28.1 Å². The van der Waals surface area contributed by atoms with Crippen LogP contribution < -0.4 is 10.2 Å². The van der Waals surface area contributed by atoms with Crippen LogP contribution in [0, 0.1) is 10.8 Å². The zero-order valence-corrected chi connectivity index (χ0v) is 19.6. The molecular weight excluding hydrogens is 400 g/mol. The summed E-state index contributed by atoms with van der Waals surface area (Å²) in [6, 6.07) is 9.66. The zero-order valence-electron chi connectivity index (χ0n) is 19.6. The normalized spacial score (nSPS) is 27.3. The fourth-order valence-corrected chi connectivity index (χ4v) is 5.95. The molecule has 3 atom stereocenters. The average Bonchev–Trinajstić information content (AvgIpc) is 2.75. The molecule has 2 fully saturated rings. The highest BCUT2D eigenvalue weighted by atomic mass is 16.3. The smallest absolute Gasteiger partial charge is 0.243 e. The lowest BCUT2D eigenvalue weighted by Crippen LogP contribution is -2.49. The van der Waals surface area contributed by atoms with Gasteiger partial charge >= 0.3 is 0 Å². The van der Waals surface area contributed by atoms with Crippen molar-refractivity contribution in [2.45, 2.75) is 58.4 Å². The van der Waals surface area contributed by atoms with Gasteiger partial charge in [-0.1, -0.05) is 26.3 Å². The molecule has 2 bridgehead atoms. The Balaban J connectivity index is 1.50. The Morgan fingerprint density at radius 3 is 2.47 bits per heavy atom. The summed E-state index contributed by atoms with van der Waals surface area (Å²) < 4.78 is 0. The molecular formula is C26H34N4O2. The van der Waals surface area contributed by atoms with Gasteiger partial charge in [0, 0.05) is 31.8 Å². The van der Waals surface area contributed by atoms with Crippen molar-refractivity contribution in [3.63, 3.8) is 0 Å². The van der Waals surface area contributed by atoms with Gasteiger partial charge in [0.25, 0.3) is 0 Å². The molecule has 1 aromatic carbocycles. The highest BCUT2D eigenvalue weighted by Gasteiger charge is 2.47. The van der Waals surface area contributed by atoms with Crippen LogP contribution in [-0.2, 0) is 4.79 Å². The van der Waals surface area contributed by atoms with Crippen LogP contribution in [0.15, 0.2) is 36.4 Å². The number of benzene rings is 1. The van der Waals surface area contributed by atoms with Crippen molar-refractivity contribution < 1.29 is 9.90 Å². The molecule has 0 radical (unpaired) electrons. The summed E-state index contributed by atoms with van der Waals surface area (Å²) in [6.45, 7) is 4.91. The van der Waals surface area contributed by atoms with Gasteiger partial charge in [0.1, 0.15) is 5.75 Å². The lowest BCUT2D eigenvalue weighted by molar-refractivity contribution is -0.115. The number of phenolic OH excluding ortho intramolecular Hbond substituents is 1. The third kappa shape index (κ3) is 4.64. The molecule has 1 amide bonds. The summed E-state index contributed by atoms with van der Waals surface area (Å²) in [5.41, 5.74) is 2.84. The fourth-order valence-electron chi connectivity index (χ4n) is 5.95. The SMILES string of the molecule is CNC(=O)/C=C/c1ccc(-c2ccc(N(C)[C@H]3C[C@]4(C)CCC[C@](C)(C3)C4)nn2)c(O)c1. The van der Waals surface area contributed by atoms with Crippen LogP contribution in [0.5, 0.6) is 5.75 Å². The first-order valence-corrected chi connectivity index (χ1v) is 11.5. The predicted octanol–water partition coefficient (Wildman–Crippen LogP) is 4.79. The van der Waals surface area contributed by atoms with Gasteiger partial charge in [-0.3, -0.25) is 4.79 Å². The van der Waals surface area contributed by atoms with E-state index in [9.17, 15) is 9.90 Å². The summed E-state index contributed by atoms with van der Waals surface area (Å²) in [5, 5.41) is 21.9. The first-order valence-electron chi connectivity index (χ1n) is 11.5. The van der Waals surface area contributed by atoms with Crippen LogP contribution in [0.2, 0.25) is 0 Å². The number of amides is 1. The Morgan fingerprint density at radius 2 is 1.88 bits per heavy atom. The third-order valence-corrected chi connectivity index (χ3v) is 7.40. The number of carbonyl (C=O) groups is 1. The Labute approximate surface area is 190 Å². The monoisotopic (exact) mass is 434 g/mol. The number of phenols is 1. The van der Waals surface area contributed by atoms with E-state index < -0.39 is 0 Å². The Bertz CT molecular complexity index is 1000. The maximum Gasteiger partial charge on any atom is 0.243 e. The van der Waals surface area contributed by atoms with Gasteiger partial charge in [0.2, 0.25) is 5.91 Å². The molecule has 2 aliphatic carbocycles. The van der Waals surface area contributed by atoms with Crippen molar-refractivity contribution in [3.05, 3.63) is 42.0 Å². The van der Waals surface area contributed by atoms with Gasteiger partial charge in [0.05, 0.1) is 5.69 Å². The fraction of sp³-hybridized carbons (Fsp3) is 0.500. The van der Waals surface area contributed by atoms with Crippen LogP contribution in [-0.4, -0.2) is 41.3 Å². The van der Waals surface area contributed by atoms with Crippen molar-refractivity contribution in [3.8, 4) is 17.0 Å². The number of hydrogen-bond acceptors (Lipinski definition) is 5. The van der Waals surface area contributed by atoms with Gasteiger partial charge in [-0.05, 0) is 78.8 Å². The van der Waals surface area contributed by atoms with E-state index in [1.54, 1.807) is 25.3 Å².